The maximum absolute atomic E-state index is 10.8. The van der Waals surface area contributed by atoms with Crippen molar-refractivity contribution in [1.29, 1.82) is 0 Å². The van der Waals surface area contributed by atoms with Crippen LogP contribution in [0.15, 0.2) is 18.2 Å². The minimum absolute atomic E-state index is 0.0168. The summed E-state index contributed by atoms with van der Waals surface area (Å²) in [5, 5.41) is 12.6. The SMILES string of the molecule is COc1ccc(Nc2nc(C)c(CC(=O)O)s2)cc1OC. The zero-order valence-electron chi connectivity index (χ0n) is 12.0. The molecular formula is C14H16N2O4S. The lowest BCUT2D eigenvalue weighted by Crippen LogP contribution is -1.99. The number of nitrogens with zero attached hydrogens (tertiary/aromatic N) is 1. The first-order valence-corrected chi connectivity index (χ1v) is 7.02. The highest BCUT2D eigenvalue weighted by atomic mass is 32.1. The van der Waals surface area contributed by atoms with Crippen molar-refractivity contribution >= 4 is 28.1 Å². The number of hydrogen-bond acceptors (Lipinski definition) is 6. The van der Waals surface area contributed by atoms with Crippen molar-refractivity contribution in [1.82, 2.24) is 4.98 Å². The van der Waals surface area contributed by atoms with Gasteiger partial charge in [-0.1, -0.05) is 0 Å². The Morgan fingerprint density at radius 2 is 2.05 bits per heavy atom. The van der Waals surface area contributed by atoms with Gasteiger partial charge in [0.25, 0.3) is 0 Å². The molecule has 0 unspecified atom stereocenters. The van der Waals surface area contributed by atoms with Crippen LogP contribution in [0.2, 0.25) is 0 Å². The number of aryl methyl sites for hydroxylation is 1. The number of anilines is 2. The summed E-state index contributed by atoms with van der Waals surface area (Å²) in [5.74, 6) is 0.394. The molecular weight excluding hydrogens is 292 g/mol. The minimum Gasteiger partial charge on any atom is -0.493 e. The molecule has 0 aliphatic heterocycles. The van der Waals surface area contributed by atoms with E-state index in [2.05, 4.69) is 10.3 Å². The molecule has 2 N–H and O–H groups in total. The number of methoxy groups -OCH3 is 2. The van der Waals surface area contributed by atoms with Crippen LogP contribution in [0.25, 0.3) is 0 Å². The molecule has 0 saturated heterocycles. The number of carboxylic acid groups (broad SMARTS) is 1. The fourth-order valence-electron chi connectivity index (χ4n) is 1.82. The maximum atomic E-state index is 10.8. The molecule has 0 spiro atoms. The van der Waals surface area contributed by atoms with E-state index in [0.29, 0.717) is 16.6 Å². The molecule has 0 saturated carbocycles. The highest BCUT2D eigenvalue weighted by Crippen LogP contribution is 2.32. The van der Waals surface area contributed by atoms with Gasteiger partial charge >= 0.3 is 5.97 Å². The first kappa shape index (κ1) is 15.1. The van der Waals surface area contributed by atoms with Gasteiger partial charge in [0, 0.05) is 16.6 Å². The van der Waals surface area contributed by atoms with E-state index < -0.39 is 5.97 Å². The first-order valence-electron chi connectivity index (χ1n) is 6.20. The molecule has 1 aromatic heterocycles. The van der Waals surface area contributed by atoms with E-state index in [0.717, 1.165) is 16.3 Å². The molecule has 0 aliphatic rings. The van der Waals surface area contributed by atoms with Crippen LogP contribution in [-0.4, -0.2) is 30.3 Å². The second-order valence-electron chi connectivity index (χ2n) is 4.29. The molecule has 6 nitrogen and oxygen atoms in total. The molecule has 0 bridgehead atoms. The molecule has 2 aromatic rings. The predicted molar refractivity (Wildman–Crippen MR) is 81.0 cm³/mol. The van der Waals surface area contributed by atoms with Crippen molar-refractivity contribution in [3.63, 3.8) is 0 Å². The Hall–Kier alpha value is -2.28. The van der Waals surface area contributed by atoms with Crippen molar-refractivity contribution in [3.05, 3.63) is 28.8 Å². The minimum atomic E-state index is -0.862. The number of carbonyl (C=O) groups is 1. The fourth-order valence-corrected chi connectivity index (χ4v) is 2.79. The summed E-state index contributed by atoms with van der Waals surface area (Å²) < 4.78 is 10.4. The summed E-state index contributed by atoms with van der Waals surface area (Å²) in [7, 11) is 3.15. The Morgan fingerprint density at radius 1 is 1.33 bits per heavy atom. The van der Waals surface area contributed by atoms with Gasteiger partial charge < -0.3 is 19.9 Å². The molecule has 0 fully saturated rings. The third-order valence-electron chi connectivity index (χ3n) is 2.84. The van der Waals surface area contributed by atoms with E-state index in [1.54, 1.807) is 33.3 Å². The predicted octanol–water partition coefficient (Wildman–Crippen LogP) is 2.84. The largest absolute Gasteiger partial charge is 0.493 e. The van der Waals surface area contributed by atoms with Gasteiger partial charge in [-0.3, -0.25) is 4.79 Å². The average Bonchev–Trinajstić information content (AvgIpc) is 2.77. The first-order chi connectivity index (χ1) is 10.0. The van der Waals surface area contributed by atoms with Gasteiger partial charge in [0.05, 0.1) is 26.3 Å². The Kier molecular flexibility index (Phi) is 4.64. The van der Waals surface area contributed by atoms with Crippen molar-refractivity contribution in [2.45, 2.75) is 13.3 Å². The summed E-state index contributed by atoms with van der Waals surface area (Å²) in [6.07, 6.45) is -0.0168. The van der Waals surface area contributed by atoms with Crippen molar-refractivity contribution in [2.24, 2.45) is 0 Å². The van der Waals surface area contributed by atoms with Crippen LogP contribution in [0.3, 0.4) is 0 Å². The fraction of sp³-hybridized carbons (Fsp3) is 0.286. The molecule has 0 radical (unpaired) electrons. The summed E-state index contributed by atoms with van der Waals surface area (Å²) >= 11 is 1.33. The average molecular weight is 308 g/mol. The van der Waals surface area contributed by atoms with E-state index in [-0.39, 0.29) is 6.42 Å². The molecule has 7 heteroatoms. The van der Waals surface area contributed by atoms with Crippen LogP contribution in [0.5, 0.6) is 11.5 Å². The van der Waals surface area contributed by atoms with Gasteiger partial charge in [-0.25, -0.2) is 4.98 Å². The molecule has 1 aromatic carbocycles. The lowest BCUT2D eigenvalue weighted by Gasteiger charge is -2.09. The molecule has 0 atom stereocenters. The maximum Gasteiger partial charge on any atom is 0.308 e. The molecule has 0 amide bonds. The van der Waals surface area contributed by atoms with Crippen LogP contribution in [0.1, 0.15) is 10.6 Å². The number of thiazole rings is 1. The third-order valence-corrected chi connectivity index (χ3v) is 3.91. The number of nitrogens with one attached hydrogen (secondary N) is 1. The summed E-state index contributed by atoms with van der Waals surface area (Å²) in [6.45, 7) is 1.80. The summed E-state index contributed by atoms with van der Waals surface area (Å²) in [4.78, 5) is 15.8. The molecule has 21 heavy (non-hydrogen) atoms. The number of ether oxygens (including phenoxy) is 2. The summed E-state index contributed by atoms with van der Waals surface area (Å²) in [5.41, 5.74) is 1.52. The normalized spacial score (nSPS) is 10.2. The Morgan fingerprint density at radius 3 is 2.67 bits per heavy atom. The smallest absolute Gasteiger partial charge is 0.308 e. The molecule has 2 rings (SSSR count). The zero-order valence-corrected chi connectivity index (χ0v) is 12.8. The highest BCUT2D eigenvalue weighted by Gasteiger charge is 2.12. The number of aromatic nitrogens is 1. The van der Waals surface area contributed by atoms with Gasteiger partial charge in [0.2, 0.25) is 0 Å². The van der Waals surface area contributed by atoms with Gasteiger partial charge in [-0.15, -0.1) is 11.3 Å². The number of aliphatic carboxylic acids is 1. The zero-order chi connectivity index (χ0) is 15.4. The second kappa shape index (κ2) is 6.45. The van der Waals surface area contributed by atoms with Gasteiger partial charge in [0.15, 0.2) is 16.6 Å². The van der Waals surface area contributed by atoms with Crippen LogP contribution in [0.4, 0.5) is 10.8 Å². The second-order valence-corrected chi connectivity index (χ2v) is 5.38. The van der Waals surface area contributed by atoms with E-state index in [1.165, 1.54) is 11.3 Å². The van der Waals surface area contributed by atoms with E-state index in [1.807, 2.05) is 6.07 Å². The standard InChI is InChI=1S/C14H16N2O4S/c1-8-12(7-13(17)18)21-14(15-8)16-9-4-5-10(19-2)11(6-9)20-3/h4-6H,7H2,1-3H3,(H,15,16)(H,17,18). The van der Waals surface area contributed by atoms with E-state index in [9.17, 15) is 4.79 Å². The topological polar surface area (TPSA) is 80.7 Å². The van der Waals surface area contributed by atoms with Crippen molar-refractivity contribution in [3.8, 4) is 11.5 Å². The van der Waals surface area contributed by atoms with Crippen molar-refractivity contribution < 1.29 is 19.4 Å². The van der Waals surface area contributed by atoms with E-state index in [4.69, 9.17) is 14.6 Å². The van der Waals surface area contributed by atoms with E-state index >= 15 is 0 Å². The van der Waals surface area contributed by atoms with Gasteiger partial charge in [-0.2, -0.15) is 0 Å². The highest BCUT2D eigenvalue weighted by molar-refractivity contribution is 7.15. The summed E-state index contributed by atoms with van der Waals surface area (Å²) in [6, 6.07) is 5.43. The lowest BCUT2D eigenvalue weighted by atomic mass is 10.3. The molecule has 1 heterocycles. The third kappa shape index (κ3) is 3.63. The Balaban J connectivity index is 2.20. The van der Waals surface area contributed by atoms with Crippen LogP contribution in [-0.2, 0) is 11.2 Å². The van der Waals surface area contributed by atoms with Crippen LogP contribution < -0.4 is 14.8 Å². The quantitative estimate of drug-likeness (QED) is 0.854. The number of rotatable bonds is 6. The molecule has 112 valence electrons. The monoisotopic (exact) mass is 308 g/mol. The molecule has 0 aliphatic carbocycles. The lowest BCUT2D eigenvalue weighted by molar-refractivity contribution is -0.136. The van der Waals surface area contributed by atoms with Crippen molar-refractivity contribution in [2.75, 3.05) is 19.5 Å². The van der Waals surface area contributed by atoms with Gasteiger partial charge in [-0.05, 0) is 19.1 Å². The van der Waals surface area contributed by atoms with Crippen LogP contribution in [0, 0.1) is 6.92 Å². The van der Waals surface area contributed by atoms with Crippen LogP contribution >= 0.6 is 11.3 Å². The van der Waals surface area contributed by atoms with Gasteiger partial charge in [0.1, 0.15) is 0 Å². The number of hydrogen-bond donors (Lipinski definition) is 2. The Labute approximate surface area is 126 Å². The Bertz CT molecular complexity index is 654. The number of carboxylic acids is 1. The number of benzene rings is 1.